The van der Waals surface area contributed by atoms with E-state index < -0.39 is 24.3 Å². The molecule has 1 rings (SSSR count). The first-order valence-electron chi connectivity index (χ1n) is 9.55. The van der Waals surface area contributed by atoms with E-state index in [4.69, 9.17) is 5.11 Å². The Hall–Kier alpha value is -1.17. The first-order valence-corrected chi connectivity index (χ1v) is 9.55. The molecule has 0 aromatic heterocycles. The number of aliphatic hydroxyl groups excluding tert-OH is 3. The molecule has 0 aromatic rings. The Morgan fingerprint density at radius 2 is 1.92 bits per heavy atom. The van der Waals surface area contributed by atoms with Crippen LogP contribution in [0.25, 0.3) is 0 Å². The molecule has 1 aliphatic rings. The van der Waals surface area contributed by atoms with E-state index >= 15 is 0 Å². The fourth-order valence-electron chi connectivity index (χ4n) is 3.41. The van der Waals surface area contributed by atoms with Crippen molar-refractivity contribution in [2.24, 2.45) is 11.8 Å². The summed E-state index contributed by atoms with van der Waals surface area (Å²) in [7, 11) is 0. The highest BCUT2D eigenvalue weighted by Crippen LogP contribution is 2.36. The second-order valence-corrected chi connectivity index (χ2v) is 7.05. The molecule has 0 aromatic carbocycles. The number of aliphatic carboxylic acids is 1. The number of hydrogen-bond acceptors (Lipinski definition) is 4. The number of carboxylic acid groups (broad SMARTS) is 1. The summed E-state index contributed by atoms with van der Waals surface area (Å²) in [6.45, 7) is 2.12. The van der Waals surface area contributed by atoms with E-state index in [1.54, 1.807) is 6.08 Å². The van der Waals surface area contributed by atoms with Gasteiger partial charge in [0.15, 0.2) is 0 Å². The summed E-state index contributed by atoms with van der Waals surface area (Å²) in [6.07, 6.45) is 12.3. The van der Waals surface area contributed by atoms with Crippen molar-refractivity contribution in [3.8, 4) is 0 Å². The van der Waals surface area contributed by atoms with Crippen molar-refractivity contribution in [1.29, 1.82) is 0 Å². The summed E-state index contributed by atoms with van der Waals surface area (Å²) in [6, 6.07) is 0. The Morgan fingerprint density at radius 3 is 2.60 bits per heavy atom. The molecule has 0 amide bonds. The summed E-state index contributed by atoms with van der Waals surface area (Å²) in [5.41, 5.74) is 0. The van der Waals surface area contributed by atoms with Crippen LogP contribution in [0.1, 0.15) is 64.7 Å². The van der Waals surface area contributed by atoms with Gasteiger partial charge in [-0.05, 0) is 31.6 Å². The van der Waals surface area contributed by atoms with Crippen LogP contribution in [0.4, 0.5) is 0 Å². The van der Waals surface area contributed by atoms with Crippen LogP contribution in [0.2, 0.25) is 0 Å². The molecule has 1 aliphatic carbocycles. The molecule has 0 bridgehead atoms. The number of rotatable bonds is 12. The third-order valence-corrected chi connectivity index (χ3v) is 4.91. The van der Waals surface area contributed by atoms with Crippen LogP contribution in [-0.2, 0) is 4.79 Å². The molecule has 0 heterocycles. The van der Waals surface area contributed by atoms with Crippen LogP contribution in [0.15, 0.2) is 24.3 Å². The zero-order chi connectivity index (χ0) is 18.7. The molecule has 5 nitrogen and oxygen atoms in total. The van der Waals surface area contributed by atoms with E-state index in [-0.39, 0.29) is 18.3 Å². The quantitative estimate of drug-likeness (QED) is 0.319. The molecule has 144 valence electrons. The summed E-state index contributed by atoms with van der Waals surface area (Å²) in [5.74, 6) is -1.00. The number of carboxylic acids is 1. The summed E-state index contributed by atoms with van der Waals surface area (Å²) in [4.78, 5) is 10.5. The molecule has 4 N–H and O–H groups in total. The van der Waals surface area contributed by atoms with Gasteiger partial charge in [-0.1, -0.05) is 50.5 Å². The second-order valence-electron chi connectivity index (χ2n) is 7.05. The predicted molar refractivity (Wildman–Crippen MR) is 98.1 cm³/mol. The van der Waals surface area contributed by atoms with Gasteiger partial charge in [0.05, 0.1) is 18.3 Å². The van der Waals surface area contributed by atoms with Crippen molar-refractivity contribution in [2.75, 3.05) is 0 Å². The Labute approximate surface area is 151 Å². The lowest BCUT2D eigenvalue weighted by Crippen LogP contribution is -2.20. The number of carbonyl (C=O) groups is 1. The maximum atomic E-state index is 10.5. The number of unbranched alkanes of at least 4 members (excludes halogenated alkanes) is 3. The van der Waals surface area contributed by atoms with Gasteiger partial charge >= 0.3 is 5.97 Å². The second kappa shape index (κ2) is 12.2. The van der Waals surface area contributed by atoms with Crippen molar-refractivity contribution in [2.45, 2.75) is 83.0 Å². The molecular formula is C20H34O5. The molecule has 0 radical (unpaired) electrons. The molecule has 25 heavy (non-hydrogen) atoms. The third kappa shape index (κ3) is 8.66. The van der Waals surface area contributed by atoms with Gasteiger partial charge in [-0.15, -0.1) is 0 Å². The molecule has 0 aliphatic heterocycles. The number of allylic oxidation sites excluding steroid dienone is 2. The van der Waals surface area contributed by atoms with Gasteiger partial charge in [0.2, 0.25) is 0 Å². The first kappa shape index (κ1) is 21.9. The van der Waals surface area contributed by atoms with Gasteiger partial charge in [-0.3, -0.25) is 4.79 Å². The van der Waals surface area contributed by atoms with Crippen molar-refractivity contribution < 1.29 is 25.2 Å². The fourth-order valence-corrected chi connectivity index (χ4v) is 3.41. The smallest absolute Gasteiger partial charge is 0.303 e. The summed E-state index contributed by atoms with van der Waals surface area (Å²) < 4.78 is 0. The molecular weight excluding hydrogens is 320 g/mol. The van der Waals surface area contributed by atoms with E-state index in [0.717, 1.165) is 25.7 Å². The first-order chi connectivity index (χ1) is 12.0. The van der Waals surface area contributed by atoms with Crippen LogP contribution in [0, 0.1) is 11.8 Å². The van der Waals surface area contributed by atoms with E-state index in [9.17, 15) is 20.1 Å². The highest BCUT2D eigenvalue weighted by atomic mass is 16.4. The molecule has 0 unspecified atom stereocenters. The van der Waals surface area contributed by atoms with Gasteiger partial charge in [-0.25, -0.2) is 0 Å². The van der Waals surface area contributed by atoms with E-state index in [1.807, 2.05) is 18.2 Å². The van der Waals surface area contributed by atoms with Crippen LogP contribution in [0.3, 0.4) is 0 Å². The molecule has 5 heteroatoms. The van der Waals surface area contributed by atoms with E-state index in [0.29, 0.717) is 25.7 Å². The predicted octanol–water partition coefficient (Wildman–Crippen LogP) is 3.04. The average molecular weight is 354 g/mol. The Kier molecular flexibility index (Phi) is 10.7. The highest BCUT2D eigenvalue weighted by molar-refractivity contribution is 5.66. The van der Waals surface area contributed by atoms with Crippen LogP contribution >= 0.6 is 0 Å². The van der Waals surface area contributed by atoms with E-state index in [2.05, 4.69) is 6.92 Å². The standard InChI is InChI=1S/C20H34O5/c1-2-3-6-9-15(21)12-13-17-16(18(22)14-19(17)23)10-7-4-5-8-11-20(24)25/h4,7,12-13,15-19,21-23H,2-3,5-6,8-11,14H2,1H3,(H,24,25)/b7-4-,13-12-/t15-,16+,17+,18-,19+/m0/s1. The average Bonchev–Trinajstić information content (AvgIpc) is 2.82. The zero-order valence-electron chi connectivity index (χ0n) is 15.3. The Bertz CT molecular complexity index is 432. The topological polar surface area (TPSA) is 98.0 Å². The fraction of sp³-hybridized carbons (Fsp3) is 0.750. The zero-order valence-corrected chi connectivity index (χ0v) is 15.3. The lowest BCUT2D eigenvalue weighted by Gasteiger charge is -2.19. The van der Waals surface area contributed by atoms with Gasteiger partial charge in [0.25, 0.3) is 0 Å². The molecule has 1 fully saturated rings. The van der Waals surface area contributed by atoms with E-state index in [1.165, 1.54) is 0 Å². The molecule has 5 atom stereocenters. The summed E-state index contributed by atoms with van der Waals surface area (Å²) in [5, 5.41) is 39.0. The molecule has 0 saturated heterocycles. The van der Waals surface area contributed by atoms with Gasteiger partial charge in [-0.2, -0.15) is 0 Å². The minimum Gasteiger partial charge on any atom is -0.481 e. The minimum atomic E-state index is -0.787. The van der Waals surface area contributed by atoms with Gasteiger partial charge < -0.3 is 20.4 Å². The van der Waals surface area contributed by atoms with Crippen LogP contribution < -0.4 is 0 Å². The molecule has 1 saturated carbocycles. The lowest BCUT2D eigenvalue weighted by molar-refractivity contribution is -0.137. The van der Waals surface area contributed by atoms with Crippen molar-refractivity contribution in [3.63, 3.8) is 0 Å². The Morgan fingerprint density at radius 1 is 1.16 bits per heavy atom. The maximum absolute atomic E-state index is 10.5. The normalized spacial score (nSPS) is 28.2. The van der Waals surface area contributed by atoms with Crippen molar-refractivity contribution in [3.05, 3.63) is 24.3 Å². The van der Waals surface area contributed by atoms with Crippen LogP contribution in [0.5, 0.6) is 0 Å². The Balaban J connectivity index is 2.46. The largest absolute Gasteiger partial charge is 0.481 e. The lowest BCUT2D eigenvalue weighted by atomic mass is 9.89. The summed E-state index contributed by atoms with van der Waals surface area (Å²) >= 11 is 0. The number of hydrogen-bond donors (Lipinski definition) is 4. The van der Waals surface area contributed by atoms with Gasteiger partial charge in [0.1, 0.15) is 0 Å². The van der Waals surface area contributed by atoms with Gasteiger partial charge in [0, 0.05) is 18.8 Å². The van der Waals surface area contributed by atoms with Crippen molar-refractivity contribution >= 4 is 5.97 Å². The molecule has 0 spiro atoms. The highest BCUT2D eigenvalue weighted by Gasteiger charge is 2.39. The van der Waals surface area contributed by atoms with Crippen LogP contribution in [-0.4, -0.2) is 44.7 Å². The van der Waals surface area contributed by atoms with Crippen molar-refractivity contribution in [1.82, 2.24) is 0 Å². The number of aliphatic hydroxyl groups is 3. The minimum absolute atomic E-state index is 0.0650. The SMILES string of the molecule is CCCCC[C@H](O)/C=C\[C@@H]1[C@@H](C/C=C\CCCC(=O)O)[C@@H](O)C[C@H]1O. The maximum Gasteiger partial charge on any atom is 0.303 e. The monoisotopic (exact) mass is 354 g/mol. The third-order valence-electron chi connectivity index (χ3n) is 4.91.